The number of amides is 1. The molecule has 2 heterocycles. The first kappa shape index (κ1) is 17.5. The zero-order valence-corrected chi connectivity index (χ0v) is 15.6. The molecule has 1 aliphatic rings. The molecule has 5 nitrogen and oxygen atoms in total. The monoisotopic (exact) mass is 366 g/mol. The van der Waals surface area contributed by atoms with Crippen LogP contribution in [0.2, 0.25) is 0 Å². The average Bonchev–Trinajstić information content (AvgIpc) is 2.99. The summed E-state index contributed by atoms with van der Waals surface area (Å²) in [6.45, 7) is 5.95. The van der Waals surface area contributed by atoms with Crippen molar-refractivity contribution in [1.29, 1.82) is 0 Å². The molecule has 0 unspecified atom stereocenters. The number of aryl methyl sites for hydroxylation is 1. The molecule has 1 fully saturated rings. The van der Waals surface area contributed by atoms with E-state index in [-0.39, 0.29) is 11.7 Å². The molecule has 1 saturated heterocycles. The van der Waals surface area contributed by atoms with E-state index in [1.165, 1.54) is 17.8 Å². The highest BCUT2D eigenvalue weighted by atomic mass is 19.1. The number of aromatic amines is 1. The van der Waals surface area contributed by atoms with Crippen molar-refractivity contribution in [2.24, 2.45) is 0 Å². The van der Waals surface area contributed by atoms with E-state index in [1.54, 1.807) is 6.07 Å². The summed E-state index contributed by atoms with van der Waals surface area (Å²) in [5.41, 5.74) is 3.86. The van der Waals surface area contributed by atoms with Crippen molar-refractivity contribution in [3.63, 3.8) is 0 Å². The minimum absolute atomic E-state index is 0.226. The van der Waals surface area contributed by atoms with Crippen LogP contribution in [0.3, 0.4) is 0 Å². The molecule has 0 atom stereocenters. The Bertz CT molecular complexity index is 972. The van der Waals surface area contributed by atoms with Gasteiger partial charge in [0.2, 0.25) is 0 Å². The number of anilines is 2. The van der Waals surface area contributed by atoms with Gasteiger partial charge in [0.1, 0.15) is 11.5 Å². The van der Waals surface area contributed by atoms with Crippen LogP contribution in [-0.4, -0.2) is 49.0 Å². The van der Waals surface area contributed by atoms with Gasteiger partial charge in [-0.3, -0.25) is 4.79 Å². The lowest BCUT2D eigenvalue weighted by Gasteiger charge is -2.34. The van der Waals surface area contributed by atoms with Gasteiger partial charge >= 0.3 is 0 Å². The number of likely N-dealkylation sites (N-methyl/N-ethyl adjacent to an activating group) is 1. The van der Waals surface area contributed by atoms with Crippen LogP contribution in [0.15, 0.2) is 42.5 Å². The van der Waals surface area contributed by atoms with Crippen LogP contribution in [0.1, 0.15) is 16.1 Å². The number of H-pyrrole nitrogens is 1. The van der Waals surface area contributed by atoms with E-state index in [4.69, 9.17) is 0 Å². The number of aromatic nitrogens is 1. The van der Waals surface area contributed by atoms with Gasteiger partial charge in [0, 0.05) is 48.5 Å². The van der Waals surface area contributed by atoms with E-state index in [0.717, 1.165) is 48.3 Å². The summed E-state index contributed by atoms with van der Waals surface area (Å²) in [7, 11) is 2.14. The molecule has 1 amide bonds. The lowest BCUT2D eigenvalue weighted by Crippen LogP contribution is -2.44. The summed E-state index contributed by atoms with van der Waals surface area (Å²) in [6, 6.07) is 12.4. The van der Waals surface area contributed by atoms with Crippen molar-refractivity contribution in [2.75, 3.05) is 43.4 Å². The molecule has 0 bridgehead atoms. The Hall–Kier alpha value is -2.86. The summed E-state index contributed by atoms with van der Waals surface area (Å²) in [5, 5.41) is 3.65. The molecule has 2 aromatic carbocycles. The van der Waals surface area contributed by atoms with Crippen LogP contribution in [0.25, 0.3) is 10.9 Å². The molecule has 3 aromatic rings. The molecule has 0 aliphatic carbocycles. The highest BCUT2D eigenvalue weighted by molar-refractivity contribution is 6.07. The maximum Gasteiger partial charge on any atom is 0.272 e. The summed E-state index contributed by atoms with van der Waals surface area (Å²) in [4.78, 5) is 20.4. The van der Waals surface area contributed by atoms with Gasteiger partial charge in [-0.25, -0.2) is 4.39 Å². The number of carbonyl (C=O) groups excluding carboxylic acids is 1. The molecule has 4 rings (SSSR count). The lowest BCUT2D eigenvalue weighted by atomic mass is 10.1. The Labute approximate surface area is 157 Å². The number of halogens is 1. The topological polar surface area (TPSA) is 51.4 Å². The third-order valence-corrected chi connectivity index (χ3v) is 5.24. The van der Waals surface area contributed by atoms with Crippen molar-refractivity contribution >= 4 is 28.2 Å². The first-order valence-electron chi connectivity index (χ1n) is 9.14. The maximum atomic E-state index is 13.5. The van der Waals surface area contributed by atoms with Crippen LogP contribution in [0.4, 0.5) is 15.8 Å². The lowest BCUT2D eigenvalue weighted by molar-refractivity contribution is 0.102. The summed E-state index contributed by atoms with van der Waals surface area (Å²) >= 11 is 0. The molecular formula is C21H23FN4O. The van der Waals surface area contributed by atoms with E-state index in [1.807, 2.05) is 31.2 Å². The van der Waals surface area contributed by atoms with E-state index >= 15 is 0 Å². The van der Waals surface area contributed by atoms with Gasteiger partial charge in [-0.15, -0.1) is 0 Å². The van der Waals surface area contributed by atoms with E-state index < -0.39 is 0 Å². The van der Waals surface area contributed by atoms with Crippen LogP contribution in [-0.2, 0) is 0 Å². The summed E-state index contributed by atoms with van der Waals surface area (Å²) < 4.78 is 13.5. The zero-order valence-electron chi connectivity index (χ0n) is 15.6. The molecule has 140 valence electrons. The highest BCUT2D eigenvalue weighted by Gasteiger charge is 2.17. The number of nitrogens with one attached hydrogen (secondary N) is 2. The molecular weight excluding hydrogens is 343 g/mol. The Balaban J connectivity index is 1.49. The fourth-order valence-corrected chi connectivity index (χ4v) is 3.54. The van der Waals surface area contributed by atoms with Crippen molar-refractivity contribution in [2.45, 2.75) is 6.92 Å². The Morgan fingerprint density at radius 3 is 2.48 bits per heavy atom. The number of nitrogens with zero attached hydrogens (tertiary/aromatic N) is 2. The first-order chi connectivity index (χ1) is 13.0. The van der Waals surface area contributed by atoms with Crippen molar-refractivity contribution in [3.05, 3.63) is 59.5 Å². The number of fused-ring (bicyclic) bond motifs is 1. The first-order valence-corrected chi connectivity index (χ1v) is 9.14. The van der Waals surface area contributed by atoms with E-state index in [0.29, 0.717) is 5.69 Å². The Morgan fingerprint density at radius 2 is 1.78 bits per heavy atom. The van der Waals surface area contributed by atoms with Crippen LogP contribution < -0.4 is 10.2 Å². The second-order valence-electron chi connectivity index (χ2n) is 7.11. The molecule has 0 saturated carbocycles. The SMILES string of the molecule is Cc1c(C(=O)Nc2ccc(N3CCN(C)CC3)cc2)[nH]c2ccc(F)cc12. The van der Waals surface area contributed by atoms with Gasteiger partial charge in [0.25, 0.3) is 5.91 Å². The highest BCUT2D eigenvalue weighted by Crippen LogP contribution is 2.24. The van der Waals surface area contributed by atoms with E-state index in [2.05, 4.69) is 27.1 Å². The van der Waals surface area contributed by atoms with Crippen molar-refractivity contribution in [1.82, 2.24) is 9.88 Å². The zero-order chi connectivity index (χ0) is 19.0. The quantitative estimate of drug-likeness (QED) is 0.744. The normalized spacial score (nSPS) is 15.3. The molecule has 1 aliphatic heterocycles. The minimum Gasteiger partial charge on any atom is -0.369 e. The van der Waals surface area contributed by atoms with Gasteiger partial charge < -0.3 is 20.1 Å². The Kier molecular flexibility index (Phi) is 4.58. The smallest absolute Gasteiger partial charge is 0.272 e. The van der Waals surface area contributed by atoms with Gasteiger partial charge in [0.15, 0.2) is 0 Å². The second kappa shape index (κ2) is 7.04. The maximum absolute atomic E-state index is 13.5. The predicted octanol–water partition coefficient (Wildman–Crippen LogP) is 3.62. The van der Waals surface area contributed by atoms with E-state index in [9.17, 15) is 9.18 Å². The summed E-state index contributed by atoms with van der Waals surface area (Å²) in [5.74, 6) is -0.535. The fraction of sp³-hybridized carbons (Fsp3) is 0.286. The number of piperazine rings is 1. The third kappa shape index (κ3) is 3.53. The molecule has 0 radical (unpaired) electrons. The number of rotatable bonds is 3. The standard InChI is InChI=1S/C21H23FN4O/c1-14-18-13-15(22)3-8-19(18)24-20(14)21(27)23-16-4-6-17(7-5-16)26-11-9-25(2)10-12-26/h3-8,13,24H,9-12H2,1-2H3,(H,23,27). The Morgan fingerprint density at radius 1 is 1.07 bits per heavy atom. The largest absolute Gasteiger partial charge is 0.369 e. The van der Waals surface area contributed by atoms with Crippen LogP contribution >= 0.6 is 0 Å². The molecule has 1 aromatic heterocycles. The number of hydrogen-bond acceptors (Lipinski definition) is 3. The van der Waals surface area contributed by atoms with Crippen molar-refractivity contribution in [3.8, 4) is 0 Å². The van der Waals surface area contributed by atoms with Gasteiger partial charge in [0.05, 0.1) is 0 Å². The summed E-state index contributed by atoms with van der Waals surface area (Å²) in [6.07, 6.45) is 0. The molecule has 27 heavy (non-hydrogen) atoms. The molecule has 6 heteroatoms. The molecule has 2 N–H and O–H groups in total. The number of benzene rings is 2. The average molecular weight is 366 g/mol. The van der Waals surface area contributed by atoms with Gasteiger partial charge in [-0.05, 0) is 62.0 Å². The predicted molar refractivity (Wildman–Crippen MR) is 107 cm³/mol. The van der Waals surface area contributed by atoms with Crippen LogP contribution in [0.5, 0.6) is 0 Å². The van der Waals surface area contributed by atoms with Gasteiger partial charge in [-0.2, -0.15) is 0 Å². The third-order valence-electron chi connectivity index (χ3n) is 5.24. The fourth-order valence-electron chi connectivity index (χ4n) is 3.54. The second-order valence-corrected chi connectivity index (χ2v) is 7.11. The number of carbonyl (C=O) groups is 1. The van der Waals surface area contributed by atoms with Crippen LogP contribution in [0, 0.1) is 12.7 Å². The molecule has 0 spiro atoms. The minimum atomic E-state index is -0.309. The van der Waals surface area contributed by atoms with Gasteiger partial charge in [-0.1, -0.05) is 0 Å². The number of hydrogen-bond donors (Lipinski definition) is 2. The van der Waals surface area contributed by atoms with Crippen molar-refractivity contribution < 1.29 is 9.18 Å².